The molecule has 1 N–H and O–H groups in total. The highest BCUT2D eigenvalue weighted by atomic mass is 19.3. The van der Waals surface area contributed by atoms with E-state index in [4.69, 9.17) is 0 Å². The Balaban J connectivity index is 2.05. The van der Waals surface area contributed by atoms with Crippen LogP contribution in [0, 0.1) is 0 Å². The summed E-state index contributed by atoms with van der Waals surface area (Å²) in [6.45, 7) is 0.573. The molecule has 2 heterocycles. The largest absolute Gasteiger partial charge is 0.364 e. The number of amides is 1. The van der Waals surface area contributed by atoms with E-state index >= 15 is 0 Å². The third kappa shape index (κ3) is 2.67. The topological polar surface area (TPSA) is 65.8 Å². The Morgan fingerprint density at radius 3 is 2.42 bits per heavy atom. The van der Waals surface area contributed by atoms with Gasteiger partial charge in [0.15, 0.2) is 0 Å². The highest BCUT2D eigenvalue weighted by Crippen LogP contribution is 2.40. The number of rotatable bonds is 3. The van der Waals surface area contributed by atoms with Crippen LogP contribution in [0.25, 0.3) is 0 Å². The molecule has 0 spiro atoms. The third-order valence-electron chi connectivity index (χ3n) is 3.91. The van der Waals surface area contributed by atoms with Gasteiger partial charge in [0, 0.05) is 31.3 Å². The Labute approximate surface area is 137 Å². The average Bonchev–Trinajstić information content (AvgIpc) is 2.95. The first-order valence-corrected chi connectivity index (χ1v) is 7.30. The number of carbonyl (C=O) groups is 1. The minimum Gasteiger partial charge on any atom is -0.364 e. The molecule has 0 fully saturated rings. The van der Waals surface area contributed by atoms with Crippen LogP contribution in [-0.2, 0) is 0 Å². The van der Waals surface area contributed by atoms with Gasteiger partial charge in [-0.05, 0) is 17.7 Å². The molecule has 1 aliphatic heterocycles. The van der Waals surface area contributed by atoms with Crippen LogP contribution in [0.1, 0.15) is 29.3 Å². The van der Waals surface area contributed by atoms with E-state index in [1.165, 1.54) is 24.5 Å². The summed E-state index contributed by atoms with van der Waals surface area (Å²) in [4.78, 5) is 16.4. The van der Waals surface area contributed by atoms with Gasteiger partial charge in [0.25, 0.3) is 11.8 Å². The number of aliphatic hydroxyl groups is 1. The van der Waals surface area contributed by atoms with Crippen LogP contribution in [0.2, 0.25) is 0 Å². The third-order valence-corrected chi connectivity index (χ3v) is 3.91. The Hall–Kier alpha value is -2.67. The van der Waals surface area contributed by atoms with Crippen LogP contribution in [0.4, 0.5) is 8.78 Å². The molecule has 1 atom stereocenters. The lowest BCUT2D eigenvalue weighted by Crippen LogP contribution is -2.57. The van der Waals surface area contributed by atoms with Gasteiger partial charge in [-0.15, -0.1) is 0 Å². The summed E-state index contributed by atoms with van der Waals surface area (Å²) < 4.78 is 28.2. The molecule has 0 radical (unpaired) electrons. The molecule has 124 valence electrons. The van der Waals surface area contributed by atoms with Gasteiger partial charge < -0.3 is 5.11 Å². The van der Waals surface area contributed by atoms with Crippen molar-refractivity contribution in [3.8, 4) is 0 Å². The first-order chi connectivity index (χ1) is 11.3. The number of aromatic nitrogens is 1. The molecule has 0 unspecified atom stereocenters. The van der Waals surface area contributed by atoms with E-state index in [2.05, 4.69) is 10.1 Å². The number of hydrogen-bond acceptors (Lipinski definition) is 4. The van der Waals surface area contributed by atoms with Gasteiger partial charge in [0.05, 0.1) is 5.71 Å². The second-order valence-corrected chi connectivity index (χ2v) is 5.65. The molecular formula is C17H15F2N3O2. The fourth-order valence-corrected chi connectivity index (χ4v) is 2.51. The average molecular weight is 331 g/mol. The van der Waals surface area contributed by atoms with Crippen molar-refractivity contribution in [3.05, 3.63) is 66.0 Å². The minimum absolute atomic E-state index is 0.116. The summed E-state index contributed by atoms with van der Waals surface area (Å²) in [7, 11) is 0. The van der Waals surface area contributed by atoms with Gasteiger partial charge >= 0.3 is 0 Å². The zero-order valence-corrected chi connectivity index (χ0v) is 12.9. The van der Waals surface area contributed by atoms with E-state index in [0.717, 1.165) is 0 Å². The minimum atomic E-state index is -3.56. The molecular weight excluding hydrogens is 316 g/mol. The van der Waals surface area contributed by atoms with Gasteiger partial charge in [-0.1, -0.05) is 30.3 Å². The quantitative estimate of drug-likeness (QED) is 0.940. The van der Waals surface area contributed by atoms with E-state index < -0.39 is 24.0 Å². The first-order valence-electron chi connectivity index (χ1n) is 7.30. The van der Waals surface area contributed by atoms with Gasteiger partial charge in [-0.25, -0.2) is 8.78 Å². The molecule has 0 aliphatic carbocycles. The van der Waals surface area contributed by atoms with Crippen molar-refractivity contribution in [3.63, 3.8) is 0 Å². The highest BCUT2D eigenvalue weighted by Gasteiger charge is 2.59. The number of nitrogens with zero attached hydrogens (tertiary/aromatic N) is 3. The van der Waals surface area contributed by atoms with Gasteiger partial charge in [0.2, 0.25) is 5.72 Å². The maximum absolute atomic E-state index is 14.1. The predicted octanol–water partition coefficient (Wildman–Crippen LogP) is 2.68. The van der Waals surface area contributed by atoms with Gasteiger partial charge in [-0.3, -0.25) is 9.78 Å². The SMILES string of the molecule is CC(F)(F)[C@]1(O)CC(c2ccccc2)=NN1C(=O)c1ccncc1. The van der Waals surface area contributed by atoms with Crippen LogP contribution in [0.3, 0.4) is 0 Å². The summed E-state index contributed by atoms with van der Waals surface area (Å²) >= 11 is 0. The Morgan fingerprint density at radius 2 is 1.83 bits per heavy atom. The summed E-state index contributed by atoms with van der Waals surface area (Å²) in [5.74, 6) is -4.37. The molecule has 1 aliphatic rings. The summed E-state index contributed by atoms with van der Waals surface area (Å²) in [6, 6.07) is 11.4. The van der Waals surface area contributed by atoms with E-state index in [-0.39, 0.29) is 11.3 Å². The number of carbonyl (C=O) groups excluding carboxylic acids is 1. The number of hydrogen-bond donors (Lipinski definition) is 1. The van der Waals surface area contributed by atoms with Crippen LogP contribution < -0.4 is 0 Å². The summed E-state index contributed by atoms with van der Waals surface area (Å²) in [5, 5.41) is 15.1. The van der Waals surface area contributed by atoms with E-state index in [0.29, 0.717) is 17.5 Å². The summed E-state index contributed by atoms with van der Waals surface area (Å²) in [6.07, 6.45) is 2.28. The number of benzene rings is 1. The van der Waals surface area contributed by atoms with Crippen molar-refractivity contribution < 1.29 is 18.7 Å². The second-order valence-electron chi connectivity index (χ2n) is 5.65. The zero-order chi connectivity index (χ0) is 17.4. The Bertz CT molecular complexity index is 775. The fraction of sp³-hybridized carbons (Fsp3) is 0.235. The van der Waals surface area contributed by atoms with Crippen molar-refractivity contribution >= 4 is 11.6 Å². The lowest BCUT2D eigenvalue weighted by Gasteiger charge is -2.35. The van der Waals surface area contributed by atoms with E-state index in [1.54, 1.807) is 30.3 Å². The maximum Gasteiger partial charge on any atom is 0.294 e. The normalized spacial score (nSPS) is 20.8. The molecule has 0 saturated carbocycles. The Morgan fingerprint density at radius 1 is 1.21 bits per heavy atom. The molecule has 24 heavy (non-hydrogen) atoms. The van der Waals surface area contributed by atoms with Crippen LogP contribution in [0.15, 0.2) is 60.0 Å². The summed E-state index contributed by atoms with van der Waals surface area (Å²) in [5.41, 5.74) is -1.81. The van der Waals surface area contributed by atoms with Gasteiger partial charge in [-0.2, -0.15) is 10.1 Å². The molecule has 0 saturated heterocycles. The number of pyridine rings is 1. The Kier molecular flexibility index (Phi) is 3.88. The molecule has 0 bridgehead atoms. The smallest absolute Gasteiger partial charge is 0.294 e. The number of alkyl halides is 2. The number of halogens is 2. The lowest BCUT2D eigenvalue weighted by atomic mass is 9.96. The van der Waals surface area contributed by atoms with Crippen molar-refractivity contribution in [2.75, 3.05) is 0 Å². The molecule has 1 aromatic carbocycles. The van der Waals surface area contributed by atoms with Gasteiger partial charge in [0.1, 0.15) is 0 Å². The number of hydrazone groups is 1. The first kappa shape index (κ1) is 16.2. The van der Waals surface area contributed by atoms with Crippen molar-refractivity contribution in [2.24, 2.45) is 5.10 Å². The monoisotopic (exact) mass is 331 g/mol. The lowest BCUT2D eigenvalue weighted by molar-refractivity contribution is -0.222. The van der Waals surface area contributed by atoms with E-state index in [9.17, 15) is 18.7 Å². The molecule has 2 aromatic rings. The molecule has 1 aromatic heterocycles. The van der Waals surface area contributed by atoms with Crippen LogP contribution in [-0.4, -0.2) is 38.4 Å². The molecule has 3 rings (SSSR count). The van der Waals surface area contributed by atoms with Crippen molar-refractivity contribution in [1.29, 1.82) is 0 Å². The van der Waals surface area contributed by atoms with Crippen molar-refractivity contribution in [1.82, 2.24) is 9.99 Å². The standard InChI is InChI=1S/C17H15F2N3O2/c1-16(18,19)17(24)11-14(12-5-3-2-4-6-12)21-22(17)15(23)13-7-9-20-10-8-13/h2-10,24H,11H2,1H3/t17-/m1/s1. The van der Waals surface area contributed by atoms with E-state index in [1.807, 2.05) is 0 Å². The molecule has 7 heteroatoms. The van der Waals surface area contributed by atoms with Crippen LogP contribution >= 0.6 is 0 Å². The fourth-order valence-electron chi connectivity index (χ4n) is 2.51. The maximum atomic E-state index is 14.1. The zero-order valence-electron chi connectivity index (χ0n) is 12.9. The van der Waals surface area contributed by atoms with Crippen LogP contribution in [0.5, 0.6) is 0 Å². The molecule has 5 nitrogen and oxygen atoms in total. The predicted molar refractivity (Wildman–Crippen MR) is 83.6 cm³/mol. The molecule has 1 amide bonds. The second kappa shape index (κ2) is 5.76. The highest BCUT2D eigenvalue weighted by molar-refractivity contribution is 6.05. The van der Waals surface area contributed by atoms with Crippen molar-refractivity contribution in [2.45, 2.75) is 25.0 Å².